The summed E-state index contributed by atoms with van der Waals surface area (Å²) in [5, 5.41) is 8.78. The van der Waals surface area contributed by atoms with Crippen LogP contribution in [0, 0.1) is 17.1 Å². The predicted molar refractivity (Wildman–Crippen MR) is 69.8 cm³/mol. The quantitative estimate of drug-likeness (QED) is 0.781. The average Bonchev–Trinajstić information content (AvgIpc) is 2.34. The van der Waals surface area contributed by atoms with Crippen molar-refractivity contribution in [3.05, 3.63) is 35.6 Å². The molecule has 0 bridgehead atoms. The maximum absolute atomic E-state index is 13.4. The van der Waals surface area contributed by atoms with Crippen molar-refractivity contribution in [3.63, 3.8) is 0 Å². The molecule has 0 unspecified atom stereocenters. The van der Waals surface area contributed by atoms with Crippen molar-refractivity contribution >= 4 is 5.91 Å². The highest BCUT2D eigenvalue weighted by atomic mass is 19.1. The monoisotopic (exact) mass is 260 g/mol. The number of carbonyl (C=O) groups is 1. The molecular formula is C15H17FN2O. The fourth-order valence-corrected chi connectivity index (χ4v) is 2.66. The van der Waals surface area contributed by atoms with Crippen molar-refractivity contribution in [2.45, 2.75) is 31.6 Å². The molecule has 4 heteroatoms. The third kappa shape index (κ3) is 2.33. The molecular weight excluding hydrogens is 243 g/mol. The summed E-state index contributed by atoms with van der Waals surface area (Å²) in [6, 6.07) is 8.28. The van der Waals surface area contributed by atoms with Crippen LogP contribution in [0.3, 0.4) is 0 Å². The lowest BCUT2D eigenvalue weighted by Crippen LogP contribution is -2.51. The van der Waals surface area contributed by atoms with Crippen LogP contribution in [-0.2, 0) is 10.2 Å². The number of rotatable bonds is 4. The van der Waals surface area contributed by atoms with E-state index in [-0.39, 0.29) is 18.3 Å². The SMILES string of the molecule is CCN(CC#N)C(=O)C1(c2cccc(F)c2)CCC1. The number of nitriles is 1. The zero-order valence-corrected chi connectivity index (χ0v) is 11.0. The summed E-state index contributed by atoms with van der Waals surface area (Å²) in [4.78, 5) is 14.2. The van der Waals surface area contributed by atoms with Gasteiger partial charge in [-0.1, -0.05) is 18.6 Å². The first kappa shape index (κ1) is 13.5. The summed E-state index contributed by atoms with van der Waals surface area (Å²) >= 11 is 0. The molecule has 1 fully saturated rings. The molecule has 100 valence electrons. The smallest absolute Gasteiger partial charge is 0.234 e. The Hall–Kier alpha value is -1.89. The predicted octanol–water partition coefficient (Wildman–Crippen LogP) is 2.62. The highest BCUT2D eigenvalue weighted by Crippen LogP contribution is 2.45. The molecule has 0 aromatic heterocycles. The van der Waals surface area contributed by atoms with Gasteiger partial charge in [0.1, 0.15) is 12.4 Å². The fraction of sp³-hybridized carbons (Fsp3) is 0.467. The fourth-order valence-electron chi connectivity index (χ4n) is 2.66. The number of carbonyl (C=O) groups excluding carboxylic acids is 1. The Morgan fingerprint density at radius 3 is 2.74 bits per heavy atom. The summed E-state index contributed by atoms with van der Waals surface area (Å²) < 4.78 is 13.4. The number of benzene rings is 1. The van der Waals surface area contributed by atoms with Crippen LogP contribution < -0.4 is 0 Å². The minimum Gasteiger partial charge on any atom is -0.329 e. The Morgan fingerprint density at radius 2 is 2.26 bits per heavy atom. The van der Waals surface area contributed by atoms with Crippen LogP contribution in [0.2, 0.25) is 0 Å². The van der Waals surface area contributed by atoms with Gasteiger partial charge < -0.3 is 4.90 Å². The second kappa shape index (κ2) is 5.40. The molecule has 3 nitrogen and oxygen atoms in total. The summed E-state index contributed by atoms with van der Waals surface area (Å²) in [5.41, 5.74) is 0.120. The molecule has 0 radical (unpaired) electrons. The van der Waals surface area contributed by atoms with E-state index in [1.807, 2.05) is 13.0 Å². The molecule has 0 heterocycles. The van der Waals surface area contributed by atoms with Crippen LogP contribution in [-0.4, -0.2) is 23.9 Å². The molecule has 0 N–H and O–H groups in total. The van der Waals surface area contributed by atoms with Crippen LogP contribution >= 0.6 is 0 Å². The molecule has 1 amide bonds. The lowest BCUT2D eigenvalue weighted by atomic mass is 9.63. The second-order valence-corrected chi connectivity index (χ2v) is 4.92. The van der Waals surface area contributed by atoms with E-state index in [1.54, 1.807) is 17.0 Å². The third-order valence-corrected chi connectivity index (χ3v) is 3.92. The maximum Gasteiger partial charge on any atom is 0.234 e. The zero-order chi connectivity index (χ0) is 13.9. The van der Waals surface area contributed by atoms with Gasteiger partial charge in [0.2, 0.25) is 5.91 Å². The van der Waals surface area contributed by atoms with Crippen LogP contribution in [0.15, 0.2) is 24.3 Å². The normalized spacial score (nSPS) is 16.3. The Bertz CT molecular complexity index is 517. The van der Waals surface area contributed by atoms with Crippen LogP contribution in [0.5, 0.6) is 0 Å². The molecule has 1 aliphatic rings. The Balaban J connectivity index is 2.33. The van der Waals surface area contributed by atoms with Crippen LogP contribution in [0.25, 0.3) is 0 Å². The van der Waals surface area contributed by atoms with E-state index in [4.69, 9.17) is 5.26 Å². The van der Waals surface area contributed by atoms with Crippen molar-refractivity contribution < 1.29 is 9.18 Å². The number of amides is 1. The van der Waals surface area contributed by atoms with Gasteiger partial charge in [-0.15, -0.1) is 0 Å². The lowest BCUT2D eigenvalue weighted by molar-refractivity contribution is -0.140. The topological polar surface area (TPSA) is 44.1 Å². The van der Waals surface area contributed by atoms with Gasteiger partial charge in [-0.05, 0) is 37.5 Å². The van der Waals surface area contributed by atoms with Crippen molar-refractivity contribution in [2.24, 2.45) is 0 Å². The van der Waals surface area contributed by atoms with E-state index in [1.165, 1.54) is 12.1 Å². The van der Waals surface area contributed by atoms with Crippen LogP contribution in [0.4, 0.5) is 4.39 Å². The molecule has 1 aromatic carbocycles. The second-order valence-electron chi connectivity index (χ2n) is 4.92. The lowest BCUT2D eigenvalue weighted by Gasteiger charge is -2.43. The first-order valence-electron chi connectivity index (χ1n) is 6.56. The van der Waals surface area contributed by atoms with Crippen molar-refractivity contribution in [1.82, 2.24) is 4.90 Å². The maximum atomic E-state index is 13.4. The van der Waals surface area contributed by atoms with Gasteiger partial charge in [-0.3, -0.25) is 4.79 Å². The number of nitrogens with zero attached hydrogens (tertiary/aromatic N) is 2. The van der Waals surface area contributed by atoms with Gasteiger partial charge in [0, 0.05) is 6.54 Å². The Kier molecular flexibility index (Phi) is 3.84. The molecule has 0 spiro atoms. The Morgan fingerprint density at radius 1 is 1.53 bits per heavy atom. The minimum atomic E-state index is -0.616. The van der Waals surface area contributed by atoms with Gasteiger partial charge in [0.25, 0.3) is 0 Å². The number of likely N-dealkylation sites (N-methyl/N-ethyl adjacent to an activating group) is 1. The summed E-state index contributed by atoms with van der Waals surface area (Å²) in [6.07, 6.45) is 2.43. The van der Waals surface area contributed by atoms with Crippen LogP contribution in [0.1, 0.15) is 31.7 Å². The number of halogens is 1. The van der Waals surface area contributed by atoms with Gasteiger partial charge in [0.05, 0.1) is 11.5 Å². The van der Waals surface area contributed by atoms with E-state index >= 15 is 0 Å². The highest BCUT2D eigenvalue weighted by Gasteiger charge is 2.47. The molecule has 19 heavy (non-hydrogen) atoms. The Labute approximate surface area is 112 Å². The number of hydrogen-bond acceptors (Lipinski definition) is 2. The molecule has 0 saturated heterocycles. The van der Waals surface area contributed by atoms with Gasteiger partial charge in [-0.2, -0.15) is 5.26 Å². The molecule has 0 atom stereocenters. The standard InChI is InChI=1S/C15H17FN2O/c1-2-18(10-9-17)14(19)15(7-4-8-15)12-5-3-6-13(16)11-12/h3,5-6,11H,2,4,7-8,10H2,1H3. The van der Waals surface area contributed by atoms with E-state index < -0.39 is 5.41 Å². The molecule has 1 saturated carbocycles. The zero-order valence-electron chi connectivity index (χ0n) is 11.0. The molecule has 2 rings (SSSR count). The first-order chi connectivity index (χ1) is 9.14. The van der Waals surface area contributed by atoms with Gasteiger partial charge in [-0.25, -0.2) is 4.39 Å². The van der Waals surface area contributed by atoms with Gasteiger partial charge in [0.15, 0.2) is 0 Å². The van der Waals surface area contributed by atoms with E-state index in [0.717, 1.165) is 24.8 Å². The molecule has 1 aromatic rings. The molecule has 0 aliphatic heterocycles. The summed E-state index contributed by atoms with van der Waals surface area (Å²) in [7, 11) is 0. The van der Waals surface area contributed by atoms with Crippen molar-refractivity contribution in [1.29, 1.82) is 5.26 Å². The minimum absolute atomic E-state index is 0.0478. The summed E-state index contributed by atoms with van der Waals surface area (Å²) in [6.45, 7) is 2.45. The largest absolute Gasteiger partial charge is 0.329 e. The van der Waals surface area contributed by atoms with E-state index in [9.17, 15) is 9.18 Å². The summed E-state index contributed by atoms with van der Waals surface area (Å²) in [5.74, 6) is -0.367. The van der Waals surface area contributed by atoms with E-state index in [2.05, 4.69) is 0 Å². The van der Waals surface area contributed by atoms with Crippen molar-refractivity contribution in [2.75, 3.05) is 13.1 Å². The van der Waals surface area contributed by atoms with E-state index in [0.29, 0.717) is 6.54 Å². The first-order valence-corrected chi connectivity index (χ1v) is 6.56. The third-order valence-electron chi connectivity index (χ3n) is 3.92. The molecule has 1 aliphatic carbocycles. The van der Waals surface area contributed by atoms with Crippen molar-refractivity contribution in [3.8, 4) is 6.07 Å². The average molecular weight is 260 g/mol. The highest BCUT2D eigenvalue weighted by molar-refractivity contribution is 5.89. The number of hydrogen-bond donors (Lipinski definition) is 0. The van der Waals surface area contributed by atoms with Gasteiger partial charge >= 0.3 is 0 Å².